The van der Waals surface area contributed by atoms with Crippen LogP contribution in [-0.4, -0.2) is 18.5 Å². The van der Waals surface area contributed by atoms with Gasteiger partial charge in [-0.3, -0.25) is 4.79 Å². The third-order valence-electron chi connectivity index (χ3n) is 4.18. The fourth-order valence-electron chi connectivity index (χ4n) is 2.89. The molecule has 0 aliphatic heterocycles. The Morgan fingerprint density at radius 1 is 1.11 bits per heavy atom. The van der Waals surface area contributed by atoms with Crippen LogP contribution in [0.25, 0.3) is 0 Å². The summed E-state index contributed by atoms with van der Waals surface area (Å²) in [7, 11) is 0. The van der Waals surface area contributed by atoms with Crippen molar-refractivity contribution in [3.63, 3.8) is 0 Å². The number of hydrogen-bond acceptors (Lipinski definition) is 2. The number of carbonyl (C=O) groups is 1. The SMILES string of the molecule is CCCCCCCCCC(=O)NCC1CCC(N)C1. The fraction of sp³-hybridized carbons (Fsp3) is 0.938. The van der Waals surface area contributed by atoms with E-state index < -0.39 is 0 Å². The highest BCUT2D eigenvalue weighted by Gasteiger charge is 2.21. The molecule has 1 aliphatic carbocycles. The van der Waals surface area contributed by atoms with Gasteiger partial charge in [0.2, 0.25) is 5.91 Å². The third-order valence-corrected chi connectivity index (χ3v) is 4.18. The van der Waals surface area contributed by atoms with Gasteiger partial charge in [0.15, 0.2) is 0 Å². The van der Waals surface area contributed by atoms with Crippen LogP contribution in [0, 0.1) is 5.92 Å². The van der Waals surface area contributed by atoms with Crippen molar-refractivity contribution in [3.8, 4) is 0 Å². The topological polar surface area (TPSA) is 55.1 Å². The van der Waals surface area contributed by atoms with Gasteiger partial charge >= 0.3 is 0 Å². The average molecular weight is 268 g/mol. The Bertz CT molecular complexity index is 243. The second-order valence-electron chi connectivity index (χ2n) is 6.11. The standard InChI is InChI=1S/C16H32N2O/c1-2-3-4-5-6-7-8-9-16(19)18-13-14-10-11-15(17)12-14/h14-15H,2-13,17H2,1H3,(H,18,19). The molecule has 112 valence electrons. The summed E-state index contributed by atoms with van der Waals surface area (Å²) >= 11 is 0. The molecule has 19 heavy (non-hydrogen) atoms. The monoisotopic (exact) mass is 268 g/mol. The summed E-state index contributed by atoms with van der Waals surface area (Å²) in [4.78, 5) is 11.7. The van der Waals surface area contributed by atoms with Gasteiger partial charge in [0.1, 0.15) is 0 Å². The van der Waals surface area contributed by atoms with Crippen molar-refractivity contribution >= 4 is 5.91 Å². The molecule has 0 heterocycles. The molecule has 1 amide bonds. The van der Waals surface area contributed by atoms with Crippen molar-refractivity contribution in [2.75, 3.05) is 6.54 Å². The molecule has 1 rings (SSSR count). The van der Waals surface area contributed by atoms with Gasteiger partial charge in [0.05, 0.1) is 0 Å². The van der Waals surface area contributed by atoms with Crippen LogP contribution in [0.3, 0.4) is 0 Å². The van der Waals surface area contributed by atoms with E-state index in [1.165, 1.54) is 44.9 Å². The fourth-order valence-corrected chi connectivity index (χ4v) is 2.89. The van der Waals surface area contributed by atoms with Gasteiger partial charge in [0, 0.05) is 19.0 Å². The Balaban J connectivity index is 1.88. The maximum absolute atomic E-state index is 11.7. The molecule has 2 unspecified atom stereocenters. The van der Waals surface area contributed by atoms with Crippen LogP contribution < -0.4 is 11.1 Å². The van der Waals surface area contributed by atoms with Crippen LogP contribution in [0.5, 0.6) is 0 Å². The molecule has 0 radical (unpaired) electrons. The first kappa shape index (κ1) is 16.5. The zero-order valence-electron chi connectivity index (χ0n) is 12.6. The van der Waals surface area contributed by atoms with Crippen LogP contribution in [0.1, 0.15) is 77.6 Å². The average Bonchev–Trinajstić information content (AvgIpc) is 2.81. The molecule has 3 nitrogen and oxygen atoms in total. The van der Waals surface area contributed by atoms with Crippen molar-refractivity contribution in [2.24, 2.45) is 11.7 Å². The van der Waals surface area contributed by atoms with Crippen molar-refractivity contribution in [1.29, 1.82) is 0 Å². The molecule has 2 atom stereocenters. The Hall–Kier alpha value is -0.570. The second kappa shape index (κ2) is 10.2. The van der Waals surface area contributed by atoms with E-state index in [0.29, 0.717) is 18.4 Å². The van der Waals surface area contributed by atoms with Gasteiger partial charge in [-0.05, 0) is 31.6 Å². The third kappa shape index (κ3) is 8.25. The minimum atomic E-state index is 0.231. The van der Waals surface area contributed by atoms with E-state index in [2.05, 4.69) is 12.2 Å². The van der Waals surface area contributed by atoms with Crippen LogP contribution in [-0.2, 0) is 4.79 Å². The van der Waals surface area contributed by atoms with E-state index in [-0.39, 0.29) is 5.91 Å². The normalized spacial score (nSPS) is 22.6. The first-order valence-corrected chi connectivity index (χ1v) is 8.24. The summed E-state index contributed by atoms with van der Waals surface area (Å²) in [5.41, 5.74) is 5.87. The molecule has 0 aromatic carbocycles. The predicted octanol–water partition coefficient (Wildman–Crippen LogP) is 3.37. The molecule has 1 aliphatic rings. The first-order chi connectivity index (χ1) is 9.22. The predicted molar refractivity (Wildman–Crippen MR) is 80.9 cm³/mol. The molecule has 0 bridgehead atoms. The largest absolute Gasteiger partial charge is 0.356 e. The number of unbranched alkanes of at least 4 members (excludes halogenated alkanes) is 6. The van der Waals surface area contributed by atoms with Crippen molar-refractivity contribution < 1.29 is 4.79 Å². The van der Waals surface area contributed by atoms with Gasteiger partial charge in [-0.1, -0.05) is 45.4 Å². The molecular weight excluding hydrogens is 236 g/mol. The number of hydrogen-bond donors (Lipinski definition) is 2. The summed E-state index contributed by atoms with van der Waals surface area (Å²) in [5, 5.41) is 3.06. The van der Waals surface area contributed by atoms with Crippen molar-refractivity contribution in [2.45, 2.75) is 83.6 Å². The Morgan fingerprint density at radius 3 is 2.42 bits per heavy atom. The van der Waals surface area contributed by atoms with Crippen LogP contribution in [0.15, 0.2) is 0 Å². The Labute approximate surface area is 118 Å². The van der Waals surface area contributed by atoms with Crippen LogP contribution >= 0.6 is 0 Å². The smallest absolute Gasteiger partial charge is 0.220 e. The molecular formula is C16H32N2O. The Morgan fingerprint density at radius 2 is 1.79 bits per heavy atom. The number of amides is 1. The van der Waals surface area contributed by atoms with Gasteiger partial charge < -0.3 is 11.1 Å². The minimum Gasteiger partial charge on any atom is -0.356 e. The van der Waals surface area contributed by atoms with E-state index >= 15 is 0 Å². The van der Waals surface area contributed by atoms with Crippen molar-refractivity contribution in [3.05, 3.63) is 0 Å². The Kier molecular flexibility index (Phi) is 8.89. The number of nitrogens with two attached hydrogens (primary N) is 1. The molecule has 1 saturated carbocycles. The maximum atomic E-state index is 11.7. The van der Waals surface area contributed by atoms with Gasteiger partial charge in [0.25, 0.3) is 0 Å². The highest BCUT2D eigenvalue weighted by Crippen LogP contribution is 2.23. The van der Waals surface area contributed by atoms with Gasteiger partial charge in [-0.2, -0.15) is 0 Å². The van der Waals surface area contributed by atoms with E-state index in [0.717, 1.165) is 25.8 Å². The lowest BCUT2D eigenvalue weighted by atomic mass is 10.1. The van der Waals surface area contributed by atoms with Gasteiger partial charge in [-0.25, -0.2) is 0 Å². The summed E-state index contributed by atoms with van der Waals surface area (Å²) in [5.74, 6) is 0.849. The highest BCUT2D eigenvalue weighted by atomic mass is 16.1. The molecule has 3 N–H and O–H groups in total. The van der Waals surface area contributed by atoms with Crippen LogP contribution in [0.2, 0.25) is 0 Å². The first-order valence-electron chi connectivity index (χ1n) is 8.24. The summed E-state index contributed by atoms with van der Waals surface area (Å²) in [6, 6.07) is 0.366. The molecule has 3 heteroatoms. The molecule has 0 aromatic heterocycles. The highest BCUT2D eigenvalue weighted by molar-refractivity contribution is 5.75. The molecule has 0 aromatic rings. The minimum absolute atomic E-state index is 0.231. The lowest BCUT2D eigenvalue weighted by Gasteiger charge is -2.11. The quantitative estimate of drug-likeness (QED) is 0.597. The van der Waals surface area contributed by atoms with E-state index in [4.69, 9.17) is 5.73 Å². The lowest BCUT2D eigenvalue weighted by molar-refractivity contribution is -0.121. The maximum Gasteiger partial charge on any atom is 0.220 e. The van der Waals surface area contributed by atoms with Gasteiger partial charge in [-0.15, -0.1) is 0 Å². The lowest BCUT2D eigenvalue weighted by Crippen LogP contribution is -2.28. The number of rotatable bonds is 10. The molecule has 0 spiro atoms. The molecule has 1 fully saturated rings. The van der Waals surface area contributed by atoms with Crippen LogP contribution in [0.4, 0.5) is 0 Å². The summed E-state index contributed by atoms with van der Waals surface area (Å²) < 4.78 is 0. The summed E-state index contributed by atoms with van der Waals surface area (Å²) in [6.07, 6.45) is 12.9. The van der Waals surface area contributed by atoms with E-state index in [1.807, 2.05) is 0 Å². The molecule has 0 saturated heterocycles. The zero-order valence-corrected chi connectivity index (χ0v) is 12.6. The number of nitrogens with one attached hydrogen (secondary N) is 1. The van der Waals surface area contributed by atoms with E-state index in [9.17, 15) is 4.79 Å². The number of carbonyl (C=O) groups excluding carboxylic acids is 1. The zero-order chi connectivity index (χ0) is 13.9. The second-order valence-corrected chi connectivity index (χ2v) is 6.11. The van der Waals surface area contributed by atoms with Crippen molar-refractivity contribution in [1.82, 2.24) is 5.32 Å². The van der Waals surface area contributed by atoms with E-state index in [1.54, 1.807) is 0 Å². The summed E-state index contributed by atoms with van der Waals surface area (Å²) in [6.45, 7) is 3.07.